The van der Waals surface area contributed by atoms with Gasteiger partial charge in [-0.3, -0.25) is 0 Å². The van der Waals surface area contributed by atoms with Crippen molar-refractivity contribution in [2.45, 2.75) is 36.6 Å². The molecule has 0 saturated heterocycles. The summed E-state index contributed by atoms with van der Waals surface area (Å²) in [6.07, 6.45) is 4.05. The number of hydrogen-bond donors (Lipinski definition) is 0. The van der Waals surface area contributed by atoms with Gasteiger partial charge in [-0.2, -0.15) is 0 Å². The molecule has 1 aromatic carbocycles. The number of rotatable bonds is 6. The SMILES string of the molecule is CCC[CH]c1ccc(C(Cl)(Cl)C(Cl)(Cl)C(Cl)(Cl)C(Cl)(Cl)Cl)cc1. The van der Waals surface area contributed by atoms with Crippen LogP contribution in [0.25, 0.3) is 0 Å². The quantitative estimate of drug-likeness (QED) is 0.345. The maximum absolute atomic E-state index is 6.35. The average molecular weight is 499 g/mol. The summed E-state index contributed by atoms with van der Waals surface area (Å²) in [7, 11) is 0. The zero-order valence-corrected chi connectivity index (χ0v) is 18.5. The Morgan fingerprint density at radius 2 is 1.26 bits per heavy atom. The minimum absolute atomic E-state index is 0.361. The summed E-state index contributed by atoms with van der Waals surface area (Å²) in [5.74, 6) is 0. The molecular weight excluding hydrogens is 487 g/mol. The molecular formula is C14H12Cl9. The molecule has 0 aliphatic heterocycles. The van der Waals surface area contributed by atoms with Gasteiger partial charge in [0.05, 0.1) is 0 Å². The molecule has 23 heavy (non-hydrogen) atoms. The highest BCUT2D eigenvalue weighted by Gasteiger charge is 2.68. The van der Waals surface area contributed by atoms with Gasteiger partial charge in [0.25, 0.3) is 0 Å². The van der Waals surface area contributed by atoms with Crippen LogP contribution in [0.1, 0.15) is 30.9 Å². The van der Waals surface area contributed by atoms with Crippen molar-refractivity contribution in [1.82, 2.24) is 0 Å². The molecule has 0 aliphatic rings. The number of benzene rings is 1. The Bertz CT molecular complexity index is 514. The first-order valence-corrected chi connectivity index (χ1v) is 9.83. The second kappa shape index (κ2) is 8.24. The van der Waals surface area contributed by atoms with E-state index in [-0.39, 0.29) is 0 Å². The van der Waals surface area contributed by atoms with E-state index in [1.807, 2.05) is 12.1 Å². The molecule has 0 N–H and O–H groups in total. The molecule has 1 aromatic rings. The van der Waals surface area contributed by atoms with E-state index in [0.717, 1.165) is 18.4 Å². The van der Waals surface area contributed by atoms with Gasteiger partial charge in [-0.05, 0) is 24.0 Å². The lowest BCUT2D eigenvalue weighted by Crippen LogP contribution is -2.54. The van der Waals surface area contributed by atoms with E-state index in [4.69, 9.17) is 104 Å². The Morgan fingerprint density at radius 3 is 1.65 bits per heavy atom. The summed E-state index contributed by atoms with van der Waals surface area (Å²) in [4.78, 5) is 0. The third-order valence-corrected chi connectivity index (χ3v) is 8.56. The second-order valence-corrected chi connectivity index (χ2v) is 11.1. The maximum atomic E-state index is 6.35. The molecule has 0 aliphatic carbocycles. The Morgan fingerprint density at radius 1 is 0.783 bits per heavy atom. The molecule has 1 rings (SSSR count). The lowest BCUT2D eigenvalue weighted by molar-refractivity contribution is 0.600. The molecule has 0 unspecified atom stereocenters. The van der Waals surface area contributed by atoms with Crippen LogP contribution in [0.5, 0.6) is 0 Å². The van der Waals surface area contributed by atoms with Gasteiger partial charge in [0.2, 0.25) is 8.13 Å². The zero-order valence-electron chi connectivity index (χ0n) is 11.7. The highest BCUT2D eigenvalue weighted by atomic mass is 35.6. The fraction of sp³-hybridized carbons (Fsp3) is 0.500. The van der Waals surface area contributed by atoms with E-state index in [1.54, 1.807) is 12.1 Å². The van der Waals surface area contributed by atoms with Gasteiger partial charge in [-0.1, -0.05) is 142 Å². The molecule has 0 saturated carbocycles. The van der Waals surface area contributed by atoms with Crippen LogP contribution in [-0.4, -0.2) is 12.5 Å². The summed E-state index contributed by atoms with van der Waals surface area (Å²) >= 11 is 54.6. The number of halogens is 9. The van der Waals surface area contributed by atoms with E-state index in [2.05, 4.69) is 13.3 Å². The average Bonchev–Trinajstić information content (AvgIpc) is 2.44. The first-order chi connectivity index (χ1) is 10.3. The van der Waals surface area contributed by atoms with Crippen molar-refractivity contribution in [3.63, 3.8) is 0 Å². The van der Waals surface area contributed by atoms with Gasteiger partial charge >= 0.3 is 0 Å². The fourth-order valence-corrected chi connectivity index (χ4v) is 3.93. The molecule has 9 heteroatoms. The summed E-state index contributed by atoms with van der Waals surface area (Å²) in [5, 5.41) is 0. The Hall–Kier alpha value is 1.83. The Labute approximate surface area is 181 Å². The van der Waals surface area contributed by atoms with E-state index in [0.29, 0.717) is 5.56 Å². The van der Waals surface area contributed by atoms with Crippen LogP contribution < -0.4 is 0 Å². The highest BCUT2D eigenvalue weighted by Crippen LogP contribution is 2.65. The van der Waals surface area contributed by atoms with Crippen molar-refractivity contribution in [3.05, 3.63) is 41.8 Å². The van der Waals surface area contributed by atoms with Crippen LogP contribution in [0.4, 0.5) is 0 Å². The van der Waals surface area contributed by atoms with Gasteiger partial charge in [-0.25, -0.2) is 0 Å². The number of hydrogen-bond acceptors (Lipinski definition) is 0. The largest absolute Gasteiger partial charge is 0.226 e. The minimum atomic E-state index is -2.29. The van der Waals surface area contributed by atoms with Gasteiger partial charge in [0.1, 0.15) is 0 Å². The van der Waals surface area contributed by atoms with Crippen LogP contribution in [0.3, 0.4) is 0 Å². The lowest BCUT2D eigenvalue weighted by Gasteiger charge is -2.44. The van der Waals surface area contributed by atoms with Gasteiger partial charge < -0.3 is 0 Å². The van der Waals surface area contributed by atoms with Crippen molar-refractivity contribution in [2.75, 3.05) is 0 Å². The molecule has 0 aromatic heterocycles. The van der Waals surface area contributed by atoms with Gasteiger partial charge in [0.15, 0.2) is 8.67 Å². The van der Waals surface area contributed by atoms with Crippen molar-refractivity contribution >= 4 is 104 Å². The van der Waals surface area contributed by atoms with E-state index in [1.165, 1.54) is 0 Å². The standard InChI is InChI=1S/C14H12Cl9/c1-2-3-4-9-5-7-10(8-6-9)11(15,16)12(17,18)13(19,20)14(21,22)23/h4-8H,2-3H2,1H3. The summed E-state index contributed by atoms with van der Waals surface area (Å²) < 4.78 is -8.69. The number of unbranched alkanes of at least 4 members (excludes halogenated alkanes) is 1. The summed E-state index contributed by atoms with van der Waals surface area (Å²) in [6, 6.07) is 6.94. The molecule has 131 valence electrons. The normalized spacial score (nSPS) is 14.2. The summed E-state index contributed by atoms with van der Waals surface area (Å²) in [5.41, 5.74) is 1.36. The Kier molecular flexibility index (Phi) is 8.19. The highest BCUT2D eigenvalue weighted by molar-refractivity contribution is 6.80. The first-order valence-electron chi connectivity index (χ1n) is 6.43. The number of alkyl halides is 9. The third kappa shape index (κ3) is 4.76. The minimum Gasteiger partial charge on any atom is -0.0943 e. The molecule has 0 amide bonds. The monoisotopic (exact) mass is 495 g/mol. The van der Waals surface area contributed by atoms with Crippen molar-refractivity contribution in [3.8, 4) is 0 Å². The predicted molar refractivity (Wildman–Crippen MR) is 107 cm³/mol. The maximum Gasteiger partial charge on any atom is 0.226 e. The van der Waals surface area contributed by atoms with Gasteiger partial charge in [0, 0.05) is 0 Å². The first kappa shape index (κ1) is 22.9. The van der Waals surface area contributed by atoms with Crippen molar-refractivity contribution in [1.29, 1.82) is 0 Å². The topological polar surface area (TPSA) is 0 Å². The molecule has 0 fully saturated rings. The fourth-order valence-electron chi connectivity index (χ4n) is 1.70. The molecule has 0 nitrogen and oxygen atoms in total. The second-order valence-electron chi connectivity index (χ2n) is 4.84. The molecule has 1 radical (unpaired) electrons. The Balaban J connectivity index is 3.19. The molecule has 0 atom stereocenters. The molecule has 0 spiro atoms. The summed E-state index contributed by atoms with van der Waals surface area (Å²) in [6.45, 7) is 2.08. The van der Waals surface area contributed by atoms with Crippen molar-refractivity contribution < 1.29 is 0 Å². The predicted octanol–water partition coefficient (Wildman–Crippen LogP) is 8.39. The zero-order chi connectivity index (χ0) is 18.1. The third-order valence-electron chi connectivity index (χ3n) is 3.09. The van der Waals surface area contributed by atoms with E-state index < -0.39 is 16.8 Å². The van der Waals surface area contributed by atoms with Crippen LogP contribution in [0, 0.1) is 6.42 Å². The molecule has 0 bridgehead atoms. The van der Waals surface area contributed by atoms with E-state index in [9.17, 15) is 0 Å². The van der Waals surface area contributed by atoms with Crippen LogP contribution in [-0.2, 0) is 4.33 Å². The van der Waals surface area contributed by atoms with Crippen molar-refractivity contribution in [2.24, 2.45) is 0 Å². The molecule has 0 heterocycles. The lowest BCUT2D eigenvalue weighted by atomic mass is 10.0. The van der Waals surface area contributed by atoms with E-state index >= 15 is 0 Å². The van der Waals surface area contributed by atoms with Crippen LogP contribution >= 0.6 is 104 Å². The van der Waals surface area contributed by atoms with Crippen LogP contribution in [0.2, 0.25) is 0 Å². The smallest absolute Gasteiger partial charge is 0.0943 e. The van der Waals surface area contributed by atoms with Gasteiger partial charge in [-0.15, -0.1) is 0 Å². The van der Waals surface area contributed by atoms with Crippen LogP contribution in [0.15, 0.2) is 24.3 Å².